The molecule has 1 aromatic carbocycles. The van der Waals surface area contributed by atoms with Gasteiger partial charge in [0.25, 0.3) is 5.91 Å². The van der Waals surface area contributed by atoms with Crippen LogP contribution in [-0.4, -0.2) is 38.1 Å². The first-order valence-electron chi connectivity index (χ1n) is 5.88. The molecule has 0 radical (unpaired) electrons. The second-order valence-corrected chi connectivity index (χ2v) is 4.36. The average molecular weight is 271 g/mol. The number of carbonyl (C=O) groups is 1. The molecule has 0 aliphatic carbocycles. The zero-order valence-corrected chi connectivity index (χ0v) is 11.8. The van der Waals surface area contributed by atoms with Crippen molar-refractivity contribution >= 4 is 17.5 Å². The molecule has 18 heavy (non-hydrogen) atoms. The van der Waals surface area contributed by atoms with Crippen LogP contribution in [0.3, 0.4) is 0 Å². The third-order valence-corrected chi connectivity index (χ3v) is 2.95. The largest absolute Gasteiger partial charge is 0.482 e. The second-order valence-electron chi connectivity index (χ2n) is 3.96. The lowest BCUT2D eigenvalue weighted by Crippen LogP contribution is -2.31. The summed E-state index contributed by atoms with van der Waals surface area (Å²) in [6.07, 6.45) is 0. The van der Waals surface area contributed by atoms with E-state index in [1.165, 1.54) is 0 Å². The van der Waals surface area contributed by atoms with Crippen molar-refractivity contribution in [3.63, 3.8) is 0 Å². The number of likely N-dealkylation sites (N-methyl/N-ethyl adjacent to an activating group) is 1. The molecule has 0 atom stereocenters. The first-order chi connectivity index (χ1) is 8.60. The molecule has 4 nitrogen and oxygen atoms in total. The Morgan fingerprint density at radius 3 is 2.83 bits per heavy atom. The van der Waals surface area contributed by atoms with E-state index in [1.54, 1.807) is 18.0 Å². The average Bonchev–Trinajstić information content (AvgIpc) is 2.37. The molecule has 0 heterocycles. The van der Waals surface area contributed by atoms with Crippen molar-refractivity contribution < 1.29 is 9.53 Å². The quantitative estimate of drug-likeness (QED) is 0.859. The number of para-hydroxylation sites is 1. The molecular formula is C13H19ClN2O2. The molecule has 0 spiro atoms. The molecule has 5 heteroatoms. The molecule has 0 unspecified atom stereocenters. The van der Waals surface area contributed by atoms with Crippen molar-refractivity contribution in [1.29, 1.82) is 0 Å². The van der Waals surface area contributed by atoms with Gasteiger partial charge >= 0.3 is 0 Å². The molecule has 0 aromatic heterocycles. The molecule has 1 aromatic rings. The Morgan fingerprint density at radius 1 is 1.50 bits per heavy atom. The maximum absolute atomic E-state index is 11.7. The van der Waals surface area contributed by atoms with Gasteiger partial charge in [-0.05, 0) is 20.0 Å². The van der Waals surface area contributed by atoms with E-state index >= 15 is 0 Å². The SMILES string of the molecule is CCN(C)C(=O)COc1c(Cl)cccc1CNC. The summed E-state index contributed by atoms with van der Waals surface area (Å²) < 4.78 is 5.54. The molecule has 0 saturated heterocycles. The van der Waals surface area contributed by atoms with Gasteiger partial charge in [-0.25, -0.2) is 0 Å². The van der Waals surface area contributed by atoms with E-state index in [0.717, 1.165) is 5.56 Å². The van der Waals surface area contributed by atoms with Crippen LogP contribution in [0.15, 0.2) is 18.2 Å². The van der Waals surface area contributed by atoms with Gasteiger partial charge in [0.1, 0.15) is 5.75 Å². The third-order valence-electron chi connectivity index (χ3n) is 2.66. The second kappa shape index (κ2) is 7.24. The van der Waals surface area contributed by atoms with Crippen molar-refractivity contribution in [2.45, 2.75) is 13.5 Å². The number of carbonyl (C=O) groups excluding carboxylic acids is 1. The summed E-state index contributed by atoms with van der Waals surface area (Å²) in [4.78, 5) is 13.3. The van der Waals surface area contributed by atoms with Gasteiger partial charge < -0.3 is 15.0 Å². The van der Waals surface area contributed by atoms with Crippen LogP contribution in [0.2, 0.25) is 5.02 Å². The highest BCUT2D eigenvalue weighted by Crippen LogP contribution is 2.28. The highest BCUT2D eigenvalue weighted by Gasteiger charge is 2.12. The Bertz CT molecular complexity index is 410. The first-order valence-corrected chi connectivity index (χ1v) is 6.26. The van der Waals surface area contributed by atoms with Crippen molar-refractivity contribution in [2.75, 3.05) is 27.2 Å². The van der Waals surface area contributed by atoms with Crippen LogP contribution in [-0.2, 0) is 11.3 Å². The zero-order chi connectivity index (χ0) is 13.5. The highest BCUT2D eigenvalue weighted by molar-refractivity contribution is 6.32. The lowest BCUT2D eigenvalue weighted by Gasteiger charge is -2.17. The van der Waals surface area contributed by atoms with Gasteiger partial charge in [0, 0.05) is 25.7 Å². The minimum absolute atomic E-state index is 0.00475. The third kappa shape index (κ3) is 3.89. The topological polar surface area (TPSA) is 41.6 Å². The van der Waals surface area contributed by atoms with Crippen molar-refractivity contribution in [1.82, 2.24) is 10.2 Å². The van der Waals surface area contributed by atoms with Gasteiger partial charge in [0.2, 0.25) is 0 Å². The summed E-state index contributed by atoms with van der Waals surface area (Å²) in [5, 5.41) is 3.56. The van der Waals surface area contributed by atoms with E-state index in [-0.39, 0.29) is 12.5 Å². The van der Waals surface area contributed by atoms with Gasteiger partial charge in [0.15, 0.2) is 6.61 Å². The molecule has 0 aliphatic rings. The van der Waals surface area contributed by atoms with Crippen LogP contribution < -0.4 is 10.1 Å². The molecule has 0 saturated carbocycles. The van der Waals surface area contributed by atoms with Gasteiger partial charge in [-0.15, -0.1) is 0 Å². The smallest absolute Gasteiger partial charge is 0.260 e. The van der Waals surface area contributed by atoms with Gasteiger partial charge in [-0.2, -0.15) is 0 Å². The van der Waals surface area contributed by atoms with E-state index in [1.807, 2.05) is 26.1 Å². The van der Waals surface area contributed by atoms with Crippen LogP contribution in [0.5, 0.6) is 5.75 Å². The summed E-state index contributed by atoms with van der Waals surface area (Å²) in [5.41, 5.74) is 0.942. The van der Waals surface area contributed by atoms with E-state index < -0.39 is 0 Å². The summed E-state index contributed by atoms with van der Waals surface area (Å²) in [6.45, 7) is 3.23. The lowest BCUT2D eigenvalue weighted by molar-refractivity contribution is -0.131. The molecule has 0 fully saturated rings. The number of benzene rings is 1. The van der Waals surface area contributed by atoms with Gasteiger partial charge in [-0.3, -0.25) is 4.79 Å². The molecule has 1 N–H and O–H groups in total. The molecule has 0 aliphatic heterocycles. The van der Waals surface area contributed by atoms with Crippen molar-refractivity contribution in [2.24, 2.45) is 0 Å². The van der Waals surface area contributed by atoms with Crippen molar-refractivity contribution in [3.05, 3.63) is 28.8 Å². The first kappa shape index (κ1) is 14.8. The van der Waals surface area contributed by atoms with Crippen LogP contribution in [0.25, 0.3) is 0 Å². The molecule has 1 amide bonds. The Hall–Kier alpha value is -1.26. The van der Waals surface area contributed by atoms with Crippen LogP contribution >= 0.6 is 11.6 Å². The molecule has 0 bridgehead atoms. The predicted molar refractivity (Wildman–Crippen MR) is 73.0 cm³/mol. The fraction of sp³-hybridized carbons (Fsp3) is 0.462. The maximum atomic E-state index is 11.7. The summed E-state index contributed by atoms with van der Waals surface area (Å²) in [6, 6.07) is 5.54. The highest BCUT2D eigenvalue weighted by atomic mass is 35.5. The van der Waals surface area contributed by atoms with Crippen LogP contribution in [0, 0.1) is 0 Å². The van der Waals surface area contributed by atoms with Gasteiger partial charge in [0.05, 0.1) is 5.02 Å². The fourth-order valence-corrected chi connectivity index (χ4v) is 1.71. The minimum Gasteiger partial charge on any atom is -0.482 e. The van der Waals surface area contributed by atoms with E-state index in [4.69, 9.17) is 16.3 Å². The Morgan fingerprint density at radius 2 is 2.22 bits per heavy atom. The molecule has 100 valence electrons. The van der Waals surface area contributed by atoms with Crippen LogP contribution in [0.4, 0.5) is 0 Å². The lowest BCUT2D eigenvalue weighted by atomic mass is 10.2. The Labute approximate surface area is 113 Å². The number of hydrogen-bond donors (Lipinski definition) is 1. The van der Waals surface area contributed by atoms with Gasteiger partial charge in [-0.1, -0.05) is 23.7 Å². The number of halogens is 1. The van der Waals surface area contributed by atoms with Crippen molar-refractivity contribution in [3.8, 4) is 5.75 Å². The molecule has 1 rings (SSSR count). The number of hydrogen-bond acceptors (Lipinski definition) is 3. The Balaban J connectivity index is 2.74. The zero-order valence-electron chi connectivity index (χ0n) is 11.0. The standard InChI is InChI=1S/C13H19ClN2O2/c1-4-16(3)12(17)9-18-13-10(8-15-2)6-5-7-11(13)14/h5-7,15H,4,8-9H2,1-3H3. The van der Waals surface area contributed by atoms with E-state index in [0.29, 0.717) is 23.9 Å². The number of nitrogens with zero attached hydrogens (tertiary/aromatic N) is 1. The minimum atomic E-state index is -0.0622. The monoisotopic (exact) mass is 270 g/mol. The molecular weight excluding hydrogens is 252 g/mol. The summed E-state index contributed by atoms with van der Waals surface area (Å²) in [7, 11) is 3.59. The van der Waals surface area contributed by atoms with E-state index in [2.05, 4.69) is 5.32 Å². The summed E-state index contributed by atoms with van der Waals surface area (Å²) in [5.74, 6) is 0.513. The van der Waals surface area contributed by atoms with Crippen LogP contribution in [0.1, 0.15) is 12.5 Å². The normalized spacial score (nSPS) is 10.2. The number of amides is 1. The predicted octanol–water partition coefficient (Wildman–Crippen LogP) is 1.92. The fourth-order valence-electron chi connectivity index (χ4n) is 1.47. The number of ether oxygens (including phenoxy) is 1. The maximum Gasteiger partial charge on any atom is 0.260 e. The Kier molecular flexibility index (Phi) is 5.95. The number of nitrogens with one attached hydrogen (secondary N) is 1. The summed E-state index contributed by atoms with van der Waals surface area (Å²) >= 11 is 6.08. The van der Waals surface area contributed by atoms with E-state index in [9.17, 15) is 4.79 Å². The number of rotatable bonds is 6.